The number of anilines is 2. The molecule has 1 aliphatic rings. The summed E-state index contributed by atoms with van der Waals surface area (Å²) in [4.78, 5) is 15.9. The van der Waals surface area contributed by atoms with Gasteiger partial charge in [-0.15, -0.1) is 11.3 Å². The molecule has 0 saturated heterocycles. The first kappa shape index (κ1) is 14.1. The molecule has 1 aliphatic heterocycles. The SMILES string of the molecule is CC1c2ccsc2CCN1CC(=O)Nc1ccccc1N. The highest BCUT2D eigenvalue weighted by Gasteiger charge is 2.26. The third kappa shape index (κ3) is 2.94. The van der Waals surface area contributed by atoms with Crippen LogP contribution in [0.3, 0.4) is 0 Å². The van der Waals surface area contributed by atoms with Gasteiger partial charge in [0.15, 0.2) is 0 Å². The number of hydrogen-bond donors (Lipinski definition) is 2. The zero-order valence-corrected chi connectivity index (χ0v) is 12.8. The van der Waals surface area contributed by atoms with Crippen molar-refractivity contribution in [2.45, 2.75) is 19.4 Å². The van der Waals surface area contributed by atoms with Crippen molar-refractivity contribution in [1.29, 1.82) is 0 Å². The third-order valence-electron chi connectivity index (χ3n) is 3.99. The minimum absolute atomic E-state index is 0.0153. The van der Waals surface area contributed by atoms with E-state index >= 15 is 0 Å². The average molecular weight is 301 g/mol. The van der Waals surface area contributed by atoms with E-state index in [1.165, 1.54) is 10.4 Å². The van der Waals surface area contributed by atoms with Crippen molar-refractivity contribution in [1.82, 2.24) is 4.90 Å². The van der Waals surface area contributed by atoms with E-state index < -0.39 is 0 Å². The molecule has 0 saturated carbocycles. The molecule has 0 spiro atoms. The van der Waals surface area contributed by atoms with Crippen LogP contribution in [-0.2, 0) is 11.2 Å². The molecule has 3 N–H and O–H groups in total. The smallest absolute Gasteiger partial charge is 0.238 e. The van der Waals surface area contributed by atoms with Gasteiger partial charge in [-0.05, 0) is 42.5 Å². The number of carbonyl (C=O) groups excluding carboxylic acids is 1. The van der Waals surface area contributed by atoms with Crippen LogP contribution in [0.15, 0.2) is 35.7 Å². The summed E-state index contributed by atoms with van der Waals surface area (Å²) < 4.78 is 0. The molecule has 5 heteroatoms. The van der Waals surface area contributed by atoms with Crippen molar-refractivity contribution in [3.8, 4) is 0 Å². The zero-order chi connectivity index (χ0) is 14.8. The Balaban J connectivity index is 1.65. The van der Waals surface area contributed by atoms with Crippen LogP contribution in [-0.4, -0.2) is 23.9 Å². The van der Waals surface area contributed by atoms with Crippen LogP contribution >= 0.6 is 11.3 Å². The van der Waals surface area contributed by atoms with Crippen molar-refractivity contribution in [2.75, 3.05) is 24.1 Å². The number of nitrogens with one attached hydrogen (secondary N) is 1. The molecule has 0 radical (unpaired) electrons. The summed E-state index contributed by atoms with van der Waals surface area (Å²) in [6.07, 6.45) is 1.03. The van der Waals surface area contributed by atoms with Gasteiger partial charge in [-0.2, -0.15) is 0 Å². The number of amides is 1. The van der Waals surface area contributed by atoms with Gasteiger partial charge in [-0.3, -0.25) is 9.69 Å². The number of thiophene rings is 1. The van der Waals surface area contributed by atoms with Gasteiger partial charge in [0.05, 0.1) is 17.9 Å². The molecule has 1 aromatic heterocycles. The Bertz CT molecular complexity index is 652. The summed E-state index contributed by atoms with van der Waals surface area (Å²) in [7, 11) is 0. The molecule has 1 atom stereocenters. The standard InChI is InChI=1S/C16H19N3OS/c1-11-12-7-9-21-15(12)6-8-19(11)10-16(20)18-14-5-3-2-4-13(14)17/h2-5,7,9,11H,6,8,10,17H2,1H3,(H,18,20). The molecule has 3 rings (SSSR count). The van der Waals surface area contributed by atoms with Crippen LogP contribution in [0.4, 0.5) is 11.4 Å². The number of nitrogen functional groups attached to an aromatic ring is 1. The maximum Gasteiger partial charge on any atom is 0.238 e. The maximum absolute atomic E-state index is 12.2. The topological polar surface area (TPSA) is 58.4 Å². The molecule has 0 bridgehead atoms. The number of para-hydroxylation sites is 2. The molecule has 21 heavy (non-hydrogen) atoms. The van der Waals surface area contributed by atoms with Gasteiger partial charge < -0.3 is 11.1 Å². The molecule has 0 fully saturated rings. The van der Waals surface area contributed by atoms with Crippen molar-refractivity contribution in [3.05, 3.63) is 46.2 Å². The minimum Gasteiger partial charge on any atom is -0.397 e. The average Bonchev–Trinajstić information content (AvgIpc) is 2.94. The van der Waals surface area contributed by atoms with Crippen LogP contribution in [0.25, 0.3) is 0 Å². The van der Waals surface area contributed by atoms with Gasteiger partial charge in [0.1, 0.15) is 0 Å². The molecule has 1 unspecified atom stereocenters. The van der Waals surface area contributed by atoms with Crippen molar-refractivity contribution in [2.24, 2.45) is 0 Å². The van der Waals surface area contributed by atoms with E-state index in [0.29, 0.717) is 24.0 Å². The molecule has 1 amide bonds. The molecule has 1 aromatic carbocycles. The van der Waals surface area contributed by atoms with E-state index in [2.05, 4.69) is 28.6 Å². The normalized spacial score (nSPS) is 18.2. The fourth-order valence-electron chi connectivity index (χ4n) is 2.76. The predicted octanol–water partition coefficient (Wildman–Crippen LogP) is 2.89. The molecule has 2 heterocycles. The molecular formula is C16H19N3OS. The van der Waals surface area contributed by atoms with Crippen LogP contribution in [0.2, 0.25) is 0 Å². The lowest BCUT2D eigenvalue weighted by Crippen LogP contribution is -2.39. The molecule has 4 nitrogen and oxygen atoms in total. The molecule has 2 aromatic rings. The van der Waals surface area contributed by atoms with Gasteiger partial charge in [-0.1, -0.05) is 12.1 Å². The number of nitrogens with two attached hydrogens (primary N) is 1. The summed E-state index contributed by atoms with van der Waals surface area (Å²) in [6.45, 7) is 3.48. The Hall–Kier alpha value is -1.85. The third-order valence-corrected chi connectivity index (χ3v) is 4.98. The van der Waals surface area contributed by atoms with Gasteiger partial charge >= 0.3 is 0 Å². The van der Waals surface area contributed by atoms with Gasteiger partial charge in [0.2, 0.25) is 5.91 Å². The number of rotatable bonds is 3. The van der Waals surface area contributed by atoms with E-state index in [1.54, 1.807) is 6.07 Å². The van der Waals surface area contributed by atoms with Crippen molar-refractivity contribution < 1.29 is 4.79 Å². The second-order valence-corrected chi connectivity index (χ2v) is 6.33. The van der Waals surface area contributed by atoms with E-state index in [9.17, 15) is 4.79 Å². The lowest BCUT2D eigenvalue weighted by molar-refractivity contribution is -0.117. The number of carbonyl (C=O) groups is 1. The van der Waals surface area contributed by atoms with Gasteiger partial charge in [0.25, 0.3) is 0 Å². The lowest BCUT2D eigenvalue weighted by atomic mass is 10.0. The van der Waals surface area contributed by atoms with E-state index in [1.807, 2.05) is 29.5 Å². The van der Waals surface area contributed by atoms with Crippen molar-refractivity contribution in [3.63, 3.8) is 0 Å². The first-order chi connectivity index (χ1) is 10.1. The number of fused-ring (bicyclic) bond motifs is 1. The monoisotopic (exact) mass is 301 g/mol. The van der Waals surface area contributed by atoms with E-state index in [0.717, 1.165) is 13.0 Å². The molecule has 0 aliphatic carbocycles. The molecule has 110 valence electrons. The highest BCUT2D eigenvalue weighted by molar-refractivity contribution is 7.10. The minimum atomic E-state index is -0.0153. The zero-order valence-electron chi connectivity index (χ0n) is 12.0. The van der Waals surface area contributed by atoms with Gasteiger partial charge in [0, 0.05) is 17.5 Å². The Kier molecular flexibility index (Phi) is 3.94. The van der Waals surface area contributed by atoms with Crippen LogP contribution in [0.5, 0.6) is 0 Å². The highest BCUT2D eigenvalue weighted by Crippen LogP contribution is 2.32. The number of benzene rings is 1. The Morgan fingerprint density at radius 2 is 2.24 bits per heavy atom. The summed E-state index contributed by atoms with van der Waals surface area (Å²) in [6, 6.07) is 9.80. The fraction of sp³-hybridized carbons (Fsp3) is 0.312. The summed E-state index contributed by atoms with van der Waals surface area (Å²) in [5.41, 5.74) is 8.49. The second-order valence-electron chi connectivity index (χ2n) is 5.33. The quantitative estimate of drug-likeness (QED) is 0.857. The Morgan fingerprint density at radius 3 is 3.05 bits per heavy atom. The van der Waals surface area contributed by atoms with Crippen LogP contribution < -0.4 is 11.1 Å². The number of hydrogen-bond acceptors (Lipinski definition) is 4. The van der Waals surface area contributed by atoms with Crippen molar-refractivity contribution >= 4 is 28.6 Å². The first-order valence-electron chi connectivity index (χ1n) is 7.10. The summed E-state index contributed by atoms with van der Waals surface area (Å²) in [5.74, 6) is -0.0153. The number of nitrogens with zero attached hydrogens (tertiary/aromatic N) is 1. The van der Waals surface area contributed by atoms with Gasteiger partial charge in [-0.25, -0.2) is 0 Å². The molecular weight excluding hydrogens is 282 g/mol. The Morgan fingerprint density at radius 1 is 1.43 bits per heavy atom. The van der Waals surface area contributed by atoms with Crippen LogP contribution in [0.1, 0.15) is 23.4 Å². The highest BCUT2D eigenvalue weighted by atomic mass is 32.1. The first-order valence-corrected chi connectivity index (χ1v) is 7.98. The second kappa shape index (κ2) is 5.87. The maximum atomic E-state index is 12.2. The Labute approximate surface area is 128 Å². The van der Waals surface area contributed by atoms with E-state index in [-0.39, 0.29) is 5.91 Å². The largest absolute Gasteiger partial charge is 0.397 e. The van der Waals surface area contributed by atoms with Crippen LogP contribution in [0, 0.1) is 0 Å². The fourth-order valence-corrected chi connectivity index (χ4v) is 3.73. The lowest BCUT2D eigenvalue weighted by Gasteiger charge is -2.32. The summed E-state index contributed by atoms with van der Waals surface area (Å²) >= 11 is 1.81. The van der Waals surface area contributed by atoms with E-state index in [4.69, 9.17) is 5.73 Å². The predicted molar refractivity (Wildman–Crippen MR) is 87.5 cm³/mol. The summed E-state index contributed by atoms with van der Waals surface area (Å²) in [5, 5.41) is 5.03.